The first kappa shape index (κ1) is 18.7. The van der Waals surface area contributed by atoms with Crippen molar-refractivity contribution in [2.24, 2.45) is 15.9 Å². The van der Waals surface area contributed by atoms with Crippen molar-refractivity contribution in [1.82, 2.24) is 5.43 Å². The van der Waals surface area contributed by atoms with Gasteiger partial charge in [0.2, 0.25) is 0 Å². The minimum atomic E-state index is -0.854. The van der Waals surface area contributed by atoms with Gasteiger partial charge in [0.1, 0.15) is 0 Å². The van der Waals surface area contributed by atoms with Gasteiger partial charge in [-0.05, 0) is 30.7 Å². The van der Waals surface area contributed by atoms with Crippen LogP contribution in [-0.2, 0) is 9.53 Å². The summed E-state index contributed by atoms with van der Waals surface area (Å²) in [4.78, 5) is 21.4. The van der Waals surface area contributed by atoms with Gasteiger partial charge in [-0.25, -0.2) is 14.9 Å². The molecule has 0 aliphatic rings. The summed E-state index contributed by atoms with van der Waals surface area (Å²) < 4.78 is 15.2. The third kappa shape index (κ3) is 6.60. The summed E-state index contributed by atoms with van der Waals surface area (Å²) in [6, 6.07) is 4.78. The second kappa shape index (κ2) is 9.61. The lowest BCUT2D eigenvalue weighted by Crippen LogP contribution is -2.35. The average Bonchev–Trinajstić information content (AvgIpc) is 2.53. The lowest BCUT2D eigenvalue weighted by atomic mass is 10.2. The molecule has 0 radical (unpaired) electrons. The van der Waals surface area contributed by atoms with E-state index in [-0.39, 0.29) is 13.2 Å². The summed E-state index contributed by atoms with van der Waals surface area (Å²) in [5.41, 5.74) is 7.43. The molecule has 0 amide bonds. The van der Waals surface area contributed by atoms with Gasteiger partial charge in [-0.2, -0.15) is 5.10 Å². The number of methoxy groups -OCH3 is 1. The van der Waals surface area contributed by atoms with E-state index in [1.807, 2.05) is 0 Å². The van der Waals surface area contributed by atoms with Crippen LogP contribution in [0, 0.1) is 10.1 Å². The third-order valence-corrected chi connectivity index (χ3v) is 2.42. The van der Waals surface area contributed by atoms with Gasteiger partial charge in [0.15, 0.2) is 23.1 Å². The number of nitrogens with zero attached hydrogens (tertiary/aromatic N) is 3. The van der Waals surface area contributed by atoms with Gasteiger partial charge in [0, 0.05) is 0 Å². The number of hydrazine groups is 1. The molecule has 1 aromatic rings. The summed E-state index contributed by atoms with van der Waals surface area (Å²) in [6.07, 6.45) is 1.31. The number of benzene rings is 1. The Morgan fingerprint density at radius 2 is 2.21 bits per heavy atom. The number of esters is 1. The van der Waals surface area contributed by atoms with Crippen LogP contribution in [0.5, 0.6) is 11.5 Å². The fourth-order valence-electron chi connectivity index (χ4n) is 1.50. The molecular formula is C13H17N5O6. The third-order valence-electron chi connectivity index (χ3n) is 2.42. The Bertz CT molecular complexity index is 646. The molecule has 0 fully saturated rings. The second-order valence-corrected chi connectivity index (χ2v) is 4.10. The monoisotopic (exact) mass is 339 g/mol. The maximum absolute atomic E-state index is 11.3. The van der Waals surface area contributed by atoms with E-state index in [1.165, 1.54) is 13.3 Å². The molecule has 1 rings (SSSR count). The molecule has 130 valence electrons. The molecule has 0 saturated carbocycles. The van der Waals surface area contributed by atoms with E-state index in [1.54, 1.807) is 30.5 Å². The van der Waals surface area contributed by atoms with Gasteiger partial charge in [-0.3, -0.25) is 0 Å². The quantitative estimate of drug-likeness (QED) is 0.222. The number of carbonyl (C=O) groups excluding carboxylic acids is 1. The van der Waals surface area contributed by atoms with Gasteiger partial charge >= 0.3 is 5.97 Å². The molecule has 0 spiro atoms. The first-order valence-electron chi connectivity index (χ1n) is 6.70. The number of nitrogens with one attached hydrogen (secondary N) is 1. The van der Waals surface area contributed by atoms with Crippen molar-refractivity contribution in [3.8, 4) is 11.5 Å². The molecular weight excluding hydrogens is 322 g/mol. The maximum Gasteiger partial charge on any atom is 0.344 e. The Morgan fingerprint density at radius 1 is 1.46 bits per heavy atom. The zero-order valence-electron chi connectivity index (χ0n) is 13.1. The van der Waals surface area contributed by atoms with Gasteiger partial charge in [-0.1, -0.05) is 5.43 Å². The zero-order valence-corrected chi connectivity index (χ0v) is 13.1. The van der Waals surface area contributed by atoms with Crippen LogP contribution in [0.1, 0.15) is 12.5 Å². The Kier molecular flexibility index (Phi) is 7.48. The highest BCUT2D eigenvalue weighted by molar-refractivity contribution is 5.82. The van der Waals surface area contributed by atoms with Gasteiger partial charge in [0.05, 0.1) is 19.9 Å². The van der Waals surface area contributed by atoms with Crippen LogP contribution >= 0.6 is 0 Å². The first-order valence-corrected chi connectivity index (χ1v) is 6.70. The van der Waals surface area contributed by atoms with Crippen molar-refractivity contribution < 1.29 is 24.0 Å². The summed E-state index contributed by atoms with van der Waals surface area (Å²) in [6.45, 7) is 1.72. The maximum atomic E-state index is 11.3. The molecule has 0 aromatic heterocycles. The molecule has 0 aliphatic carbocycles. The van der Waals surface area contributed by atoms with E-state index < -0.39 is 17.0 Å². The predicted molar refractivity (Wildman–Crippen MR) is 84.5 cm³/mol. The predicted octanol–water partition coefficient (Wildman–Crippen LogP) is 0.0670. The van der Waals surface area contributed by atoms with Gasteiger partial charge < -0.3 is 19.9 Å². The summed E-state index contributed by atoms with van der Waals surface area (Å²) in [5.74, 6) is -0.241. The molecule has 0 saturated heterocycles. The molecule has 11 nitrogen and oxygen atoms in total. The van der Waals surface area contributed by atoms with Crippen molar-refractivity contribution in [1.29, 1.82) is 0 Å². The van der Waals surface area contributed by atoms with Crippen LogP contribution in [0.2, 0.25) is 0 Å². The summed E-state index contributed by atoms with van der Waals surface area (Å²) in [7, 11) is 1.44. The van der Waals surface area contributed by atoms with E-state index in [2.05, 4.69) is 10.2 Å². The molecule has 0 aliphatic heterocycles. The normalized spacial score (nSPS) is 11.2. The summed E-state index contributed by atoms with van der Waals surface area (Å²) >= 11 is 0. The Morgan fingerprint density at radius 3 is 2.83 bits per heavy atom. The number of carbonyl (C=O) groups is 1. The lowest BCUT2D eigenvalue weighted by molar-refractivity contribution is -0.525. The topological polar surface area (TPSA) is 151 Å². The second-order valence-electron chi connectivity index (χ2n) is 4.10. The highest BCUT2D eigenvalue weighted by Crippen LogP contribution is 2.27. The minimum Gasteiger partial charge on any atom is -0.493 e. The highest BCUT2D eigenvalue weighted by atomic mass is 16.7. The highest BCUT2D eigenvalue weighted by Gasteiger charge is 2.08. The SMILES string of the molecule is CCOC(=O)COc1ccc(/C=N\N=C(N)N[N+](=O)[O-])cc1OC. The number of hydrogen-bond donors (Lipinski definition) is 2. The molecule has 0 bridgehead atoms. The largest absolute Gasteiger partial charge is 0.493 e. The van der Waals surface area contributed by atoms with Crippen molar-refractivity contribution >= 4 is 18.1 Å². The van der Waals surface area contributed by atoms with Gasteiger partial charge in [-0.15, -0.1) is 5.10 Å². The molecule has 24 heavy (non-hydrogen) atoms. The number of rotatable bonds is 8. The van der Waals surface area contributed by atoms with Gasteiger partial charge in [0.25, 0.3) is 5.96 Å². The van der Waals surface area contributed by atoms with Crippen LogP contribution in [0.3, 0.4) is 0 Å². The number of ether oxygens (including phenoxy) is 3. The van der Waals surface area contributed by atoms with Crippen LogP contribution in [0.15, 0.2) is 28.4 Å². The minimum absolute atomic E-state index is 0.245. The van der Waals surface area contributed by atoms with E-state index in [0.717, 1.165) is 0 Å². The molecule has 0 atom stereocenters. The fourth-order valence-corrected chi connectivity index (χ4v) is 1.50. The first-order chi connectivity index (χ1) is 11.5. The molecule has 0 heterocycles. The van der Waals surface area contributed by atoms with E-state index in [4.69, 9.17) is 19.9 Å². The number of guanidine groups is 1. The van der Waals surface area contributed by atoms with Crippen LogP contribution < -0.4 is 20.6 Å². The van der Waals surface area contributed by atoms with Crippen LogP contribution in [-0.4, -0.2) is 43.5 Å². The average molecular weight is 339 g/mol. The van der Waals surface area contributed by atoms with E-state index in [0.29, 0.717) is 17.1 Å². The Labute approximate surface area is 137 Å². The van der Waals surface area contributed by atoms with Crippen molar-refractivity contribution in [2.45, 2.75) is 6.92 Å². The molecule has 11 heteroatoms. The smallest absolute Gasteiger partial charge is 0.344 e. The molecule has 1 aromatic carbocycles. The number of hydrogen-bond acceptors (Lipinski definition) is 8. The van der Waals surface area contributed by atoms with Crippen LogP contribution in [0.4, 0.5) is 0 Å². The standard InChI is InChI=1S/C13H17N5O6/c1-3-23-12(19)8-24-10-5-4-9(6-11(10)22-2)7-15-16-13(14)17-18(20)21/h4-7H,3,8H2,1-2H3,(H3,14,16,17)/b15-7-. The number of nitro groups is 1. The van der Waals surface area contributed by atoms with Crippen molar-refractivity contribution in [3.63, 3.8) is 0 Å². The fraction of sp³-hybridized carbons (Fsp3) is 0.308. The molecule has 3 N–H and O–H groups in total. The zero-order chi connectivity index (χ0) is 17.9. The van der Waals surface area contributed by atoms with E-state index >= 15 is 0 Å². The van der Waals surface area contributed by atoms with Crippen LogP contribution in [0.25, 0.3) is 0 Å². The molecule has 0 unspecified atom stereocenters. The van der Waals surface area contributed by atoms with Crippen molar-refractivity contribution in [3.05, 3.63) is 33.9 Å². The van der Waals surface area contributed by atoms with Crippen molar-refractivity contribution in [2.75, 3.05) is 20.3 Å². The van der Waals surface area contributed by atoms with E-state index in [9.17, 15) is 14.9 Å². The lowest BCUT2D eigenvalue weighted by Gasteiger charge is -2.10. The number of nitrogens with two attached hydrogens (primary N) is 1. The Balaban J connectivity index is 2.75. The summed E-state index contributed by atoms with van der Waals surface area (Å²) in [5, 5.41) is 16.3. The Hall–Kier alpha value is -3.37.